The number of nitrogens with two attached hydrogens (primary N) is 1. The number of aliphatic hydroxyl groups is 32. The third kappa shape index (κ3) is 24.6. The highest BCUT2D eigenvalue weighted by Crippen LogP contribution is 2.42. The summed E-state index contributed by atoms with van der Waals surface area (Å²) in [6, 6.07) is -5.68. The normalized spacial score (nSPS) is 49.5. The Labute approximate surface area is 767 Å². The van der Waals surface area contributed by atoms with Gasteiger partial charge in [0.2, 0.25) is 17.7 Å². The average molecular weight is 2000 g/mol. The quantitative estimate of drug-likeness (QED) is 0.0275. The lowest BCUT2D eigenvalue weighted by molar-refractivity contribution is -0.408. The van der Waals surface area contributed by atoms with Gasteiger partial charge in [-0.1, -0.05) is 0 Å². The first-order valence-corrected chi connectivity index (χ1v) is 43.0. The van der Waals surface area contributed by atoms with Crippen molar-refractivity contribution in [3.63, 3.8) is 0 Å². The minimum atomic E-state index is -2.74. The SMILES string of the molecule is CC(=O)N[C@@H]1[C@@H](O)[C@H](O[C@@H]2O[C@H](CO)[C@@H](O[C@@H]3O[C@H](CO[C@@H]4O[C@H](CO[C@@H]5O[C@H](CO)[C@@H](O)[C@H](O)[C@@H]5O[C@@H]5O[C@H](CO)[C@@H](O)[C@H](O)[C@@H]5O)[C@@H](O)[C@H](O[C@@H]5O[C@H](CO)[C@@H](O)[C@H](O)[C@@H]5O[C@@H]5O[C@H](CO)[C@@H](O)[C@H](O)[C@@H]5O)[C@@H]4O)[C@@H](O)[C@H](O[C@@H]4O[C@H](CO)[C@@H](O)[C@H](O)[C@@H]4O[C@@H]4O[C@H](CO)[C@@H](O)[C@H](O)[C@@H]4O[C@@H]4O[C@H](CO)[C@@H](O)[C@H](O)[C@@H]4O)[C@@H]3O)[C@H](O)[C@H]2NC(C)=O)[C@@H](CO)O[C@H]1NC(=O)C[C@H](N)C(=O)O. The molecule has 11 aliphatic rings. The Morgan fingerprint density at radius 2 is 0.500 bits per heavy atom. The van der Waals surface area contributed by atoms with Gasteiger partial charge in [0, 0.05) is 13.8 Å². The fourth-order valence-corrected chi connectivity index (χ4v) is 17.1. The highest BCUT2D eigenvalue weighted by molar-refractivity contribution is 5.84. The van der Waals surface area contributed by atoms with Crippen LogP contribution in [0.5, 0.6) is 0 Å². The van der Waals surface area contributed by atoms with E-state index in [4.69, 9.17) is 105 Å². The van der Waals surface area contributed by atoms with E-state index in [9.17, 15) is 188 Å². The van der Waals surface area contributed by atoms with Gasteiger partial charge in [-0.05, 0) is 0 Å². The van der Waals surface area contributed by atoms with Crippen LogP contribution in [0.15, 0.2) is 0 Å². The Balaban J connectivity index is 0.963. The minimum absolute atomic E-state index is 0.872. The van der Waals surface area contributed by atoms with Gasteiger partial charge in [0.25, 0.3) is 0 Å². The molecule has 56 atom stereocenters. The maximum absolute atomic E-state index is 13.3. The first-order chi connectivity index (χ1) is 64.3. The van der Waals surface area contributed by atoms with Crippen molar-refractivity contribution in [1.29, 1.82) is 0 Å². The van der Waals surface area contributed by atoms with Gasteiger partial charge in [-0.15, -0.1) is 0 Å². The highest BCUT2D eigenvalue weighted by atomic mass is 16.8. The van der Waals surface area contributed by atoms with Gasteiger partial charge in [0.05, 0.1) is 79.1 Å². The molecule has 11 fully saturated rings. The summed E-state index contributed by atoms with van der Waals surface area (Å²) < 4.78 is 124. The van der Waals surface area contributed by atoms with Gasteiger partial charge in [-0.2, -0.15) is 0 Å². The molecule has 11 saturated heterocycles. The lowest BCUT2D eigenvalue weighted by Gasteiger charge is -2.51. The van der Waals surface area contributed by atoms with Crippen LogP contribution in [0.4, 0.5) is 0 Å². The van der Waals surface area contributed by atoms with Crippen LogP contribution < -0.4 is 21.7 Å². The van der Waals surface area contributed by atoms with Crippen LogP contribution in [0.25, 0.3) is 0 Å². The molecule has 0 aromatic heterocycles. The van der Waals surface area contributed by atoms with Crippen LogP contribution in [-0.4, -0.2) is 609 Å². The number of carbonyl (C=O) groups excluding carboxylic acids is 3. The van der Waals surface area contributed by atoms with Crippen molar-refractivity contribution >= 4 is 23.7 Å². The number of carboxylic acid groups (broad SMARTS) is 1. The smallest absolute Gasteiger partial charge is 0.321 e. The summed E-state index contributed by atoms with van der Waals surface area (Å²) in [5, 5.41) is 375. The number of carboxylic acids is 1. The maximum atomic E-state index is 13.3. The highest BCUT2D eigenvalue weighted by Gasteiger charge is 2.63. The van der Waals surface area contributed by atoms with Gasteiger partial charge in [0.1, 0.15) is 274 Å². The zero-order valence-corrected chi connectivity index (χ0v) is 71.9. The molecule has 38 N–H and O–H groups in total. The number of rotatable bonds is 37. The van der Waals surface area contributed by atoms with E-state index in [0.717, 1.165) is 13.8 Å². The Bertz CT molecular complexity index is 3710. The average Bonchev–Trinajstić information content (AvgIpc) is 0.753. The number of aliphatic carboxylic acids is 1. The van der Waals surface area contributed by atoms with Crippen molar-refractivity contribution in [3.8, 4) is 0 Å². The fraction of sp³-hybridized carbons (Fsp3) is 0.946. The number of amides is 3. The molecule has 0 radical (unpaired) electrons. The van der Waals surface area contributed by atoms with Crippen molar-refractivity contribution in [2.24, 2.45) is 5.73 Å². The maximum Gasteiger partial charge on any atom is 0.321 e. The Kier molecular flexibility index (Phi) is 40.4. The third-order valence-corrected chi connectivity index (χ3v) is 24.8. The van der Waals surface area contributed by atoms with E-state index in [0.29, 0.717) is 0 Å². The summed E-state index contributed by atoms with van der Waals surface area (Å²) in [6.45, 7) is -11.3. The van der Waals surface area contributed by atoms with Gasteiger partial charge in [-0.3, -0.25) is 19.2 Å². The van der Waals surface area contributed by atoms with E-state index in [2.05, 4.69) is 16.0 Å². The van der Waals surface area contributed by atoms with Gasteiger partial charge >= 0.3 is 5.97 Å². The molecule has 0 unspecified atom stereocenters. The molecular formula is C74H124N4O58. The van der Waals surface area contributed by atoms with Crippen LogP contribution in [0.2, 0.25) is 0 Å². The number of aliphatic hydroxyl groups excluding tert-OH is 32. The number of carbonyl (C=O) groups is 4. The van der Waals surface area contributed by atoms with E-state index < -0.39 is 446 Å². The summed E-state index contributed by atoms with van der Waals surface area (Å²) in [7, 11) is 0. The Morgan fingerprint density at radius 1 is 0.250 bits per heavy atom. The van der Waals surface area contributed by atoms with E-state index in [1.54, 1.807) is 0 Å². The number of hydrogen-bond donors (Lipinski definition) is 37. The number of ether oxygens (including phenoxy) is 21. The molecule has 11 aliphatic heterocycles. The second-order valence-corrected chi connectivity index (χ2v) is 34.1. The molecule has 0 spiro atoms. The van der Waals surface area contributed by atoms with E-state index in [-0.39, 0.29) is 0 Å². The van der Waals surface area contributed by atoms with Crippen LogP contribution in [-0.2, 0) is 119 Å². The van der Waals surface area contributed by atoms with Crippen molar-refractivity contribution in [2.75, 3.05) is 72.7 Å². The molecule has 136 heavy (non-hydrogen) atoms. The monoisotopic (exact) mass is 2000 g/mol. The summed E-state index contributed by atoms with van der Waals surface area (Å²) in [5.74, 6) is -4.70. The molecule has 3 amide bonds. The predicted molar refractivity (Wildman–Crippen MR) is 412 cm³/mol. The third-order valence-electron chi connectivity index (χ3n) is 24.8. The van der Waals surface area contributed by atoms with Crippen molar-refractivity contribution in [1.82, 2.24) is 16.0 Å². The molecule has 0 aromatic carbocycles. The van der Waals surface area contributed by atoms with Crippen LogP contribution in [0.3, 0.4) is 0 Å². The second kappa shape index (κ2) is 49.1. The molecule has 11 rings (SSSR count). The van der Waals surface area contributed by atoms with Crippen molar-refractivity contribution < 1.29 is 287 Å². The number of hydrogen-bond acceptors (Lipinski definition) is 58. The second-order valence-electron chi connectivity index (χ2n) is 34.1. The van der Waals surface area contributed by atoms with E-state index in [1.165, 1.54) is 0 Å². The van der Waals surface area contributed by atoms with Crippen molar-refractivity contribution in [3.05, 3.63) is 0 Å². The Hall–Kier alpha value is -4.28. The summed E-state index contributed by atoms with van der Waals surface area (Å²) in [5.41, 5.74) is 5.54. The minimum Gasteiger partial charge on any atom is -0.480 e. The fourth-order valence-electron chi connectivity index (χ4n) is 17.1. The number of nitrogens with one attached hydrogen (secondary N) is 3. The van der Waals surface area contributed by atoms with Gasteiger partial charge in [-0.25, -0.2) is 0 Å². The lowest BCUT2D eigenvalue weighted by atomic mass is 9.93. The molecule has 0 bridgehead atoms. The summed E-state index contributed by atoms with van der Waals surface area (Å²) in [6.07, 6.45) is -120. The molecule has 0 saturated carbocycles. The summed E-state index contributed by atoms with van der Waals surface area (Å²) >= 11 is 0. The molecular weight excluding hydrogens is 1870 g/mol. The molecule has 0 aliphatic carbocycles. The molecule has 788 valence electrons. The topological polar surface area (TPSA) is 992 Å². The standard InChI is InChI=1S/C74H124N4O58/c1-15(88)76-30-41(100)55(25(11-86)118-63(30)78-29(90)3-17(75)64(114)115)129-65-31(77-16(2)89)42(101)56(26(12-87)126-65)130-70-54(113)58(132-73-62(49(108)38(97)23(9-84)124-73)136-74-61(48(107)37(96)24(10-85)125-74)135-69-52(111)45(104)34(93)20(6-81)121-69)40(99)28(128-70)13-116-66-53(112)57(131-72-60(47(106)36(95)22(8-83)123-72)134-68-51(110)44(103)33(92)19(5-80)120-68)39(98)27(127-66)14-117-71-59(46(105)35(94)21(7-82)122-71)133-67-50(109)43(102)32(91)18(4-79)119-67/h17-28,30-63,65-74,79-87,91-113H,3-14,75H2,1-2H3,(H,76,88)(H,77,89)(H,78,90)(H,114,115)/t17-,18+,19+,20+,21+,22+,23+,24+,25+,26+,27+,28+,30+,31+,32+,33+,34+,35+,36+,37+,38+,39+,40+,41+,42+,43-,44-,45-,46-,47-,48-,49-,50-,51-,52-,53-,54-,55+,56+,57-,58-,59-,60-,61-,62-,63+,65-,66+,67-,68-,69-,70-,71+,72-,73-,74-/m0/s1. The predicted octanol–water partition coefficient (Wildman–Crippen LogP) is -25.8. The first kappa shape index (κ1) is 112. The van der Waals surface area contributed by atoms with Crippen LogP contribution in [0.1, 0.15) is 20.3 Å². The molecule has 11 heterocycles. The van der Waals surface area contributed by atoms with Gasteiger partial charge < -0.3 is 290 Å². The zero-order valence-electron chi connectivity index (χ0n) is 71.9. The zero-order chi connectivity index (χ0) is 100. The molecule has 62 nitrogen and oxygen atoms in total. The van der Waals surface area contributed by atoms with E-state index in [1.807, 2.05) is 0 Å². The van der Waals surface area contributed by atoms with E-state index >= 15 is 0 Å². The lowest BCUT2D eigenvalue weighted by Crippen LogP contribution is -2.71. The molecule has 0 aromatic rings. The van der Waals surface area contributed by atoms with Crippen molar-refractivity contribution in [2.45, 2.75) is 364 Å². The largest absolute Gasteiger partial charge is 0.480 e. The summed E-state index contributed by atoms with van der Waals surface area (Å²) in [4.78, 5) is 50.6. The van der Waals surface area contributed by atoms with Crippen LogP contribution >= 0.6 is 0 Å². The van der Waals surface area contributed by atoms with Gasteiger partial charge in [0.15, 0.2) is 69.1 Å². The Morgan fingerprint density at radius 3 is 0.853 bits per heavy atom. The first-order valence-electron chi connectivity index (χ1n) is 43.0. The molecule has 62 heteroatoms. The van der Waals surface area contributed by atoms with Crippen LogP contribution in [0, 0.1) is 0 Å².